The first-order chi connectivity index (χ1) is 27.3. The lowest BCUT2D eigenvalue weighted by Gasteiger charge is -2.31. The molecule has 0 bridgehead atoms. The Kier molecular flexibility index (Phi) is 11.8. The number of esters is 1. The number of hydrogen-bond donors (Lipinski definition) is 4. The molecule has 1 heterocycles. The number of carbonyl (C=O) groups is 3. The molecule has 1 aliphatic heterocycles. The summed E-state index contributed by atoms with van der Waals surface area (Å²) < 4.78 is 20.0. The molecule has 0 unspecified atom stereocenters. The highest BCUT2D eigenvalue weighted by atomic mass is 16.8. The van der Waals surface area contributed by atoms with Crippen molar-refractivity contribution in [3.8, 4) is 5.75 Å². The monoisotopic (exact) mass is 750 g/mol. The Morgan fingerprint density at radius 2 is 1.48 bits per heavy atom. The number of aliphatic hydroxyl groups excluding tert-OH is 1. The Balaban J connectivity index is 1.16. The third-order valence-corrected chi connectivity index (χ3v) is 9.79. The topological polar surface area (TPSA) is 143 Å². The van der Waals surface area contributed by atoms with Gasteiger partial charge in [-0.15, -0.1) is 0 Å². The van der Waals surface area contributed by atoms with E-state index in [2.05, 4.69) is 10.6 Å². The minimum absolute atomic E-state index is 0.0522. The molecule has 3 atom stereocenters. The van der Waals surface area contributed by atoms with Crippen LogP contribution < -0.4 is 10.6 Å². The van der Waals surface area contributed by atoms with Crippen LogP contribution in [0.3, 0.4) is 0 Å². The van der Waals surface area contributed by atoms with Gasteiger partial charge in [-0.2, -0.15) is 0 Å². The number of rotatable bonds is 13. The van der Waals surface area contributed by atoms with Crippen LogP contribution in [0.2, 0.25) is 0 Å². The minimum atomic E-state index is -1.36. The van der Waals surface area contributed by atoms with Crippen molar-refractivity contribution >= 4 is 23.9 Å². The lowest BCUT2D eigenvalue weighted by molar-refractivity contribution is -0.157. The molecule has 1 aliphatic carbocycles. The fraction of sp³-hybridized carbons (Fsp3) is 0.196. The van der Waals surface area contributed by atoms with E-state index in [4.69, 9.17) is 19.3 Å². The van der Waals surface area contributed by atoms with Crippen molar-refractivity contribution in [3.05, 3.63) is 190 Å². The number of phenols is 1. The van der Waals surface area contributed by atoms with Gasteiger partial charge in [0.1, 0.15) is 24.1 Å². The molecule has 2 amide bonds. The molecule has 10 nitrogen and oxygen atoms in total. The van der Waals surface area contributed by atoms with Crippen molar-refractivity contribution in [2.24, 2.45) is 0 Å². The normalized spacial score (nSPS) is 18.4. The van der Waals surface area contributed by atoms with Crippen LogP contribution in [0.1, 0.15) is 55.0 Å². The largest absolute Gasteiger partial charge is 0.508 e. The van der Waals surface area contributed by atoms with Crippen LogP contribution in [0.5, 0.6) is 5.75 Å². The van der Waals surface area contributed by atoms with Crippen LogP contribution in [0.4, 0.5) is 0 Å². The number of para-hydroxylation sites is 1. The van der Waals surface area contributed by atoms with Crippen LogP contribution in [0, 0.1) is 0 Å². The van der Waals surface area contributed by atoms with E-state index in [1.165, 1.54) is 0 Å². The van der Waals surface area contributed by atoms with Gasteiger partial charge in [-0.1, -0.05) is 121 Å². The number of aromatic hydroxyl groups is 1. The first-order valence-electron chi connectivity index (χ1n) is 18.5. The molecule has 1 fully saturated rings. The van der Waals surface area contributed by atoms with E-state index in [-0.39, 0.29) is 43.7 Å². The van der Waals surface area contributed by atoms with E-state index in [1.807, 2.05) is 97.1 Å². The average Bonchev–Trinajstić information content (AvgIpc) is 3.65. The predicted octanol–water partition coefficient (Wildman–Crippen LogP) is 6.23. The highest BCUT2D eigenvalue weighted by molar-refractivity contribution is 5.96. The number of phenolic OH excluding ortho intramolecular Hbond substituents is 1. The summed E-state index contributed by atoms with van der Waals surface area (Å²) in [6.07, 6.45) is 3.50. The van der Waals surface area contributed by atoms with Gasteiger partial charge in [0.05, 0.1) is 12.2 Å². The van der Waals surface area contributed by atoms with Crippen molar-refractivity contribution in [2.75, 3.05) is 13.2 Å². The second kappa shape index (κ2) is 17.4. The van der Waals surface area contributed by atoms with E-state index >= 15 is 0 Å². The van der Waals surface area contributed by atoms with Crippen molar-refractivity contribution in [1.29, 1.82) is 0 Å². The third kappa shape index (κ3) is 8.48. The summed E-state index contributed by atoms with van der Waals surface area (Å²) >= 11 is 0. The third-order valence-electron chi connectivity index (χ3n) is 9.79. The van der Waals surface area contributed by atoms with E-state index < -0.39 is 30.1 Å². The number of fused-ring (bicyclic) bond motifs is 1. The summed E-state index contributed by atoms with van der Waals surface area (Å²) in [5.41, 5.74) is 4.67. The zero-order valence-corrected chi connectivity index (χ0v) is 30.5. The Morgan fingerprint density at radius 1 is 0.786 bits per heavy atom. The van der Waals surface area contributed by atoms with Crippen molar-refractivity contribution in [1.82, 2.24) is 10.6 Å². The maximum atomic E-state index is 14.1. The fourth-order valence-electron chi connectivity index (χ4n) is 7.01. The smallest absolute Gasteiger partial charge is 0.339 e. The Bertz CT molecular complexity index is 2200. The molecule has 5 aromatic carbocycles. The van der Waals surface area contributed by atoms with E-state index in [0.717, 1.165) is 16.7 Å². The maximum absolute atomic E-state index is 14.1. The molecule has 0 aromatic heterocycles. The summed E-state index contributed by atoms with van der Waals surface area (Å²) in [7, 11) is 0. The minimum Gasteiger partial charge on any atom is -0.508 e. The SMILES string of the molecule is O=C(NCc1cccc(C(=O)NCCO)c1)C1=C[C@H]2OC(c3ccccc3)(c3ccccc3)O[C@H]2[C@H](OC(=O)c2ccccc2C=CCc2ccccc2O)C1. The molecule has 2 aliphatic rings. The number of amides is 2. The molecule has 1 saturated heterocycles. The number of carbonyl (C=O) groups excluding carboxylic acids is 3. The van der Waals surface area contributed by atoms with Gasteiger partial charge in [-0.05, 0) is 53.5 Å². The van der Waals surface area contributed by atoms with E-state index in [9.17, 15) is 19.5 Å². The Labute approximate surface area is 325 Å². The molecule has 0 spiro atoms. The van der Waals surface area contributed by atoms with Crippen molar-refractivity contribution < 1.29 is 38.8 Å². The molecule has 56 heavy (non-hydrogen) atoms. The first-order valence-corrected chi connectivity index (χ1v) is 18.5. The average molecular weight is 751 g/mol. The standard InChI is InChI=1S/C46H42N2O8/c49-26-25-47-43(51)34-18-11-13-31(27-34)30-48-44(52)35-28-40(54-45(53)38-23-9-7-14-32(38)16-12-17-33-15-8-10-24-39(33)50)42-41(29-35)55-46(56-42,36-19-3-1-4-20-36)37-21-5-2-6-22-37/h1-16,18-24,27,29,40-42,49-50H,17,25-26,28,30H2,(H,47,51)(H,48,52)/t40-,41-,42+/m1/s1. The molecular formula is C46H42N2O8. The summed E-state index contributed by atoms with van der Waals surface area (Å²) in [4.78, 5) is 40.5. The molecule has 10 heteroatoms. The van der Waals surface area contributed by atoms with Crippen molar-refractivity contribution in [2.45, 2.75) is 43.5 Å². The molecule has 7 rings (SSSR count). The van der Waals surface area contributed by atoms with Gasteiger partial charge in [0.25, 0.3) is 5.91 Å². The van der Waals surface area contributed by atoms with Crippen molar-refractivity contribution in [3.63, 3.8) is 0 Å². The molecule has 0 radical (unpaired) electrons. The highest BCUT2D eigenvalue weighted by Crippen LogP contribution is 2.47. The summed E-state index contributed by atoms with van der Waals surface area (Å²) in [6.45, 7) is 0.0861. The molecule has 284 valence electrons. The second-order valence-electron chi connectivity index (χ2n) is 13.5. The van der Waals surface area contributed by atoms with Gasteiger partial charge in [0.2, 0.25) is 11.7 Å². The molecule has 5 aromatic rings. The number of nitrogens with one attached hydrogen (secondary N) is 2. The fourth-order valence-corrected chi connectivity index (χ4v) is 7.01. The zero-order chi connectivity index (χ0) is 38.9. The number of benzene rings is 5. The number of allylic oxidation sites excluding steroid dienone is 1. The Hall–Kier alpha value is -6.33. The summed E-state index contributed by atoms with van der Waals surface area (Å²) in [5.74, 6) is -2.46. The maximum Gasteiger partial charge on any atom is 0.339 e. The predicted molar refractivity (Wildman–Crippen MR) is 210 cm³/mol. The van der Waals surface area contributed by atoms with Gasteiger partial charge in [0.15, 0.2) is 0 Å². The van der Waals surface area contributed by atoms with E-state index in [0.29, 0.717) is 34.2 Å². The van der Waals surface area contributed by atoms with Gasteiger partial charge < -0.3 is 35.1 Å². The second-order valence-corrected chi connectivity index (χ2v) is 13.5. The van der Waals surface area contributed by atoms with Crippen LogP contribution in [0.25, 0.3) is 6.08 Å². The molecular weight excluding hydrogens is 709 g/mol. The lowest BCUT2D eigenvalue weighted by Crippen LogP contribution is -2.43. The zero-order valence-electron chi connectivity index (χ0n) is 30.5. The van der Waals surface area contributed by atoms with Crippen LogP contribution >= 0.6 is 0 Å². The van der Waals surface area contributed by atoms with Gasteiger partial charge in [0, 0.05) is 41.8 Å². The van der Waals surface area contributed by atoms with Gasteiger partial charge >= 0.3 is 5.97 Å². The summed E-state index contributed by atoms with van der Waals surface area (Å²) in [6, 6.07) is 40.1. The summed E-state index contributed by atoms with van der Waals surface area (Å²) in [5, 5.41) is 24.9. The first kappa shape index (κ1) is 38.0. The number of hydrogen-bond acceptors (Lipinski definition) is 8. The molecule has 4 N–H and O–H groups in total. The highest BCUT2D eigenvalue weighted by Gasteiger charge is 2.55. The van der Waals surface area contributed by atoms with Gasteiger partial charge in [-0.25, -0.2) is 4.79 Å². The quantitative estimate of drug-likeness (QED) is 0.104. The number of ether oxygens (including phenoxy) is 3. The molecule has 0 saturated carbocycles. The van der Waals surface area contributed by atoms with Crippen LogP contribution in [0.15, 0.2) is 151 Å². The Morgan fingerprint density at radius 3 is 2.21 bits per heavy atom. The number of aliphatic hydroxyl groups is 1. The lowest BCUT2D eigenvalue weighted by atomic mass is 9.91. The van der Waals surface area contributed by atoms with Crippen LogP contribution in [-0.2, 0) is 37.8 Å². The van der Waals surface area contributed by atoms with Gasteiger partial charge in [-0.3, -0.25) is 9.59 Å². The van der Waals surface area contributed by atoms with Crippen LogP contribution in [-0.4, -0.2) is 59.5 Å². The van der Waals surface area contributed by atoms with E-state index in [1.54, 1.807) is 54.6 Å².